The van der Waals surface area contributed by atoms with Crippen molar-refractivity contribution in [3.05, 3.63) is 247 Å². The molecule has 0 aromatic heterocycles. The van der Waals surface area contributed by atoms with E-state index in [9.17, 15) is 0 Å². The second-order valence-electron chi connectivity index (χ2n) is 16.3. The van der Waals surface area contributed by atoms with Crippen molar-refractivity contribution >= 4 is 51.2 Å². The van der Waals surface area contributed by atoms with E-state index < -0.39 is 0 Å². The third-order valence-electron chi connectivity index (χ3n) is 12.1. The zero-order valence-electron chi connectivity index (χ0n) is 34.8. The lowest BCUT2D eigenvalue weighted by molar-refractivity contribution is 0.660. The average molecular weight is 786 g/mol. The topological polar surface area (TPSA) is 9.72 Å². The first-order valence-electron chi connectivity index (χ1n) is 21.1. The molecule has 0 spiro atoms. The largest absolute Gasteiger partial charge is 0.310 e. The fourth-order valence-corrected chi connectivity index (χ4v) is 9.16. The molecule has 0 N–H and O–H groups in total. The van der Waals surface area contributed by atoms with Crippen LogP contribution >= 0.6 is 0 Å². The molecule has 0 radical (unpaired) electrons. The van der Waals surface area contributed by atoms with Gasteiger partial charge in [-0.1, -0.05) is 153 Å². The molecule has 9 aromatic carbocycles. The van der Waals surface area contributed by atoms with Crippen LogP contribution in [0, 0.1) is 6.92 Å². The molecule has 1 aliphatic carbocycles. The van der Waals surface area contributed by atoms with Gasteiger partial charge in [-0.3, -0.25) is 0 Å². The van der Waals surface area contributed by atoms with E-state index in [1.807, 2.05) is 0 Å². The van der Waals surface area contributed by atoms with Gasteiger partial charge < -0.3 is 14.7 Å². The van der Waals surface area contributed by atoms with Crippen molar-refractivity contribution in [2.24, 2.45) is 0 Å². The second-order valence-corrected chi connectivity index (χ2v) is 16.3. The monoisotopic (exact) mass is 785 g/mol. The second kappa shape index (κ2) is 15.9. The van der Waals surface area contributed by atoms with E-state index in [1.165, 1.54) is 38.9 Å². The Morgan fingerprint density at radius 1 is 0.295 bits per heavy atom. The molecule has 0 saturated carbocycles. The van der Waals surface area contributed by atoms with Gasteiger partial charge in [0.25, 0.3) is 0 Å². The third kappa shape index (κ3) is 7.04. The van der Waals surface area contributed by atoms with Crippen molar-refractivity contribution < 1.29 is 0 Å². The average Bonchev–Trinajstić information content (AvgIpc) is 3.54. The van der Waals surface area contributed by atoms with Gasteiger partial charge in [0.2, 0.25) is 0 Å². The van der Waals surface area contributed by atoms with Crippen molar-refractivity contribution in [1.82, 2.24) is 0 Å². The van der Waals surface area contributed by atoms with E-state index in [0.29, 0.717) is 0 Å². The quantitative estimate of drug-likeness (QED) is 0.137. The predicted octanol–water partition coefficient (Wildman–Crippen LogP) is 16.4. The SMILES string of the molecule is Cc1cccc2c1-c1cc(N(c3ccc(-c4ccccc4)cc3)c3cc(N(c4ccccc4)c4ccccc4)cc(N(c4ccccc4)c4ccccc4)c3)ccc1C2(C)C. The zero-order valence-corrected chi connectivity index (χ0v) is 34.8. The summed E-state index contributed by atoms with van der Waals surface area (Å²) in [5.74, 6) is 0. The smallest absolute Gasteiger partial charge is 0.0503 e. The van der Waals surface area contributed by atoms with Gasteiger partial charge in [-0.25, -0.2) is 0 Å². The highest BCUT2D eigenvalue weighted by Crippen LogP contribution is 2.53. The van der Waals surface area contributed by atoms with Crippen LogP contribution in [0.5, 0.6) is 0 Å². The molecular weight excluding hydrogens is 739 g/mol. The Balaban J connectivity index is 1.25. The molecule has 0 saturated heterocycles. The van der Waals surface area contributed by atoms with Crippen molar-refractivity contribution in [1.29, 1.82) is 0 Å². The summed E-state index contributed by atoms with van der Waals surface area (Å²) in [6.07, 6.45) is 0. The Kier molecular flexibility index (Phi) is 9.78. The molecule has 3 heteroatoms. The highest BCUT2D eigenvalue weighted by Gasteiger charge is 2.36. The molecule has 61 heavy (non-hydrogen) atoms. The van der Waals surface area contributed by atoms with Crippen molar-refractivity contribution in [3.8, 4) is 22.3 Å². The fourth-order valence-electron chi connectivity index (χ4n) is 9.16. The van der Waals surface area contributed by atoms with E-state index in [4.69, 9.17) is 0 Å². The minimum atomic E-state index is -0.109. The number of rotatable bonds is 10. The number of aryl methyl sites for hydroxylation is 1. The van der Waals surface area contributed by atoms with Crippen molar-refractivity contribution in [2.75, 3.05) is 14.7 Å². The Bertz CT molecular complexity index is 2750. The molecule has 1 aliphatic rings. The normalized spacial score (nSPS) is 12.3. The van der Waals surface area contributed by atoms with Crippen molar-refractivity contribution in [3.63, 3.8) is 0 Å². The molecular formula is C58H47N3. The first-order valence-corrected chi connectivity index (χ1v) is 21.1. The summed E-state index contributed by atoms with van der Waals surface area (Å²) < 4.78 is 0. The minimum absolute atomic E-state index is 0.109. The molecule has 0 amide bonds. The van der Waals surface area contributed by atoms with Crippen LogP contribution in [0.3, 0.4) is 0 Å². The van der Waals surface area contributed by atoms with Crippen LogP contribution in [0.25, 0.3) is 22.3 Å². The van der Waals surface area contributed by atoms with Gasteiger partial charge in [0, 0.05) is 39.5 Å². The zero-order chi connectivity index (χ0) is 41.3. The molecule has 9 aromatic rings. The molecule has 0 atom stereocenters. The fraction of sp³-hybridized carbons (Fsp3) is 0.0690. The van der Waals surface area contributed by atoms with E-state index in [-0.39, 0.29) is 5.41 Å². The van der Waals surface area contributed by atoms with Crippen LogP contribution in [-0.4, -0.2) is 0 Å². The van der Waals surface area contributed by atoms with E-state index in [1.54, 1.807) is 0 Å². The molecule has 0 fully saturated rings. The summed E-state index contributed by atoms with van der Waals surface area (Å²) >= 11 is 0. The van der Waals surface area contributed by atoms with Crippen molar-refractivity contribution in [2.45, 2.75) is 26.2 Å². The molecule has 10 rings (SSSR count). The van der Waals surface area contributed by atoms with Crippen LogP contribution in [0.15, 0.2) is 231 Å². The number of fused-ring (bicyclic) bond motifs is 3. The lowest BCUT2D eigenvalue weighted by Gasteiger charge is -2.33. The highest BCUT2D eigenvalue weighted by atomic mass is 15.2. The maximum Gasteiger partial charge on any atom is 0.0503 e. The van der Waals surface area contributed by atoms with Crippen LogP contribution in [0.4, 0.5) is 51.2 Å². The number of anilines is 9. The maximum atomic E-state index is 2.44. The highest BCUT2D eigenvalue weighted by molar-refractivity contribution is 5.92. The molecule has 0 bridgehead atoms. The summed E-state index contributed by atoms with van der Waals surface area (Å²) in [7, 11) is 0. The molecule has 3 nitrogen and oxygen atoms in total. The summed E-state index contributed by atoms with van der Waals surface area (Å²) in [6, 6.07) is 83.3. The standard InChI is InChI=1S/C58H47N3/c1-42-20-19-31-56-57(42)54-41-50(36-37-55(54)58(56,2)3)61(49-34-32-44(33-35-49)43-21-9-4-10-22-43)53-39-51(59(45-23-11-5-12-24-45)46-25-13-6-14-26-46)38-52(40-53)60(47-27-15-7-16-28-47)48-29-17-8-18-30-48/h4-41H,1-3H3. The number of hydrogen-bond donors (Lipinski definition) is 0. The first kappa shape index (κ1) is 37.6. The van der Waals surface area contributed by atoms with Crippen LogP contribution in [-0.2, 0) is 5.41 Å². The lowest BCUT2D eigenvalue weighted by Crippen LogP contribution is -2.17. The van der Waals surface area contributed by atoms with Gasteiger partial charge >= 0.3 is 0 Å². The van der Waals surface area contributed by atoms with Gasteiger partial charge in [-0.05, 0) is 137 Å². The van der Waals surface area contributed by atoms with Crippen LogP contribution < -0.4 is 14.7 Å². The van der Waals surface area contributed by atoms with E-state index in [0.717, 1.165) is 51.2 Å². The van der Waals surface area contributed by atoms with Crippen LogP contribution in [0.1, 0.15) is 30.5 Å². The molecule has 294 valence electrons. The number of nitrogens with zero attached hydrogens (tertiary/aromatic N) is 3. The Morgan fingerprint density at radius 3 is 1.13 bits per heavy atom. The Hall–Kier alpha value is -7.62. The van der Waals surface area contributed by atoms with E-state index in [2.05, 4.69) is 266 Å². The minimum Gasteiger partial charge on any atom is -0.310 e. The maximum absolute atomic E-state index is 2.44. The number of para-hydroxylation sites is 4. The Morgan fingerprint density at radius 2 is 0.672 bits per heavy atom. The molecule has 0 unspecified atom stereocenters. The first-order chi connectivity index (χ1) is 29.9. The summed E-state index contributed by atoms with van der Waals surface area (Å²) in [5, 5.41) is 0. The van der Waals surface area contributed by atoms with Gasteiger partial charge in [-0.2, -0.15) is 0 Å². The van der Waals surface area contributed by atoms with Gasteiger partial charge in [0.15, 0.2) is 0 Å². The predicted molar refractivity (Wildman–Crippen MR) is 258 cm³/mol. The van der Waals surface area contributed by atoms with Gasteiger partial charge in [0.1, 0.15) is 0 Å². The third-order valence-corrected chi connectivity index (χ3v) is 12.1. The molecule has 0 heterocycles. The van der Waals surface area contributed by atoms with Crippen LogP contribution in [0.2, 0.25) is 0 Å². The summed E-state index contributed by atoms with van der Waals surface area (Å²) in [6.45, 7) is 6.96. The number of benzene rings is 9. The van der Waals surface area contributed by atoms with Gasteiger partial charge in [0.05, 0.1) is 17.1 Å². The molecule has 0 aliphatic heterocycles. The number of hydrogen-bond acceptors (Lipinski definition) is 3. The summed E-state index contributed by atoms with van der Waals surface area (Å²) in [4.78, 5) is 7.17. The van der Waals surface area contributed by atoms with E-state index >= 15 is 0 Å². The van der Waals surface area contributed by atoms with Gasteiger partial charge in [-0.15, -0.1) is 0 Å². The summed E-state index contributed by atoms with van der Waals surface area (Å²) in [5.41, 5.74) is 18.5. The Labute approximate surface area is 360 Å². The lowest BCUT2D eigenvalue weighted by atomic mass is 9.82.